The third-order valence-electron chi connectivity index (χ3n) is 3.06. The van der Waals surface area contributed by atoms with Crippen molar-refractivity contribution in [3.63, 3.8) is 0 Å². The molecule has 0 saturated carbocycles. The first-order chi connectivity index (χ1) is 9.15. The van der Waals surface area contributed by atoms with Gasteiger partial charge in [-0.25, -0.2) is 0 Å². The second-order valence-corrected chi connectivity index (χ2v) is 5.18. The summed E-state index contributed by atoms with van der Waals surface area (Å²) in [6.45, 7) is 7.27. The van der Waals surface area contributed by atoms with Gasteiger partial charge in [0.1, 0.15) is 5.75 Å². The van der Waals surface area contributed by atoms with Crippen LogP contribution in [0.15, 0.2) is 18.2 Å². The maximum atomic E-state index is 5.91. The molecular weight excluding hydrogens is 236 g/mol. The van der Waals surface area contributed by atoms with Gasteiger partial charge in [0.15, 0.2) is 0 Å². The van der Waals surface area contributed by atoms with E-state index in [9.17, 15) is 0 Å². The molecule has 1 unspecified atom stereocenters. The van der Waals surface area contributed by atoms with Gasteiger partial charge in [-0.05, 0) is 25.8 Å². The van der Waals surface area contributed by atoms with E-state index in [2.05, 4.69) is 26.1 Å². The summed E-state index contributed by atoms with van der Waals surface area (Å²) in [5.74, 6) is 0.852. The van der Waals surface area contributed by atoms with Crippen LogP contribution in [0, 0.1) is 0 Å². The normalized spacial score (nSPS) is 12.2. The molecule has 0 heterocycles. The lowest BCUT2D eigenvalue weighted by atomic mass is 10.1. The molecular formula is C16H28N2O. The Kier molecular flexibility index (Phi) is 7.16. The van der Waals surface area contributed by atoms with Crippen LogP contribution < -0.4 is 15.8 Å². The second kappa shape index (κ2) is 8.68. The summed E-state index contributed by atoms with van der Waals surface area (Å²) in [4.78, 5) is 0. The maximum absolute atomic E-state index is 5.91. The van der Waals surface area contributed by atoms with Crippen LogP contribution in [0.4, 0.5) is 11.4 Å². The van der Waals surface area contributed by atoms with Gasteiger partial charge >= 0.3 is 0 Å². The van der Waals surface area contributed by atoms with Crippen LogP contribution in [0.25, 0.3) is 0 Å². The summed E-state index contributed by atoms with van der Waals surface area (Å²) in [6, 6.07) is 6.34. The maximum Gasteiger partial charge on any atom is 0.123 e. The summed E-state index contributed by atoms with van der Waals surface area (Å²) in [7, 11) is 0. The number of unbranched alkanes of at least 4 members (excludes halogenated alkanes) is 2. The fraction of sp³-hybridized carbons (Fsp3) is 0.625. The molecule has 108 valence electrons. The molecule has 0 spiro atoms. The van der Waals surface area contributed by atoms with Crippen molar-refractivity contribution < 1.29 is 4.74 Å². The Labute approximate surface area is 117 Å². The van der Waals surface area contributed by atoms with Crippen molar-refractivity contribution in [1.29, 1.82) is 0 Å². The first kappa shape index (κ1) is 15.7. The lowest BCUT2D eigenvalue weighted by molar-refractivity contribution is 0.318. The predicted molar refractivity (Wildman–Crippen MR) is 83.9 cm³/mol. The fourth-order valence-corrected chi connectivity index (χ4v) is 2.07. The van der Waals surface area contributed by atoms with E-state index >= 15 is 0 Å². The van der Waals surface area contributed by atoms with Gasteiger partial charge in [0, 0.05) is 29.5 Å². The van der Waals surface area contributed by atoms with Crippen LogP contribution in [-0.4, -0.2) is 12.6 Å². The van der Waals surface area contributed by atoms with Crippen molar-refractivity contribution in [2.75, 3.05) is 17.7 Å². The molecule has 1 atom stereocenters. The molecule has 0 saturated heterocycles. The quantitative estimate of drug-likeness (QED) is 0.512. The first-order valence-electron chi connectivity index (χ1n) is 7.45. The van der Waals surface area contributed by atoms with Crippen LogP contribution in [-0.2, 0) is 0 Å². The third-order valence-corrected chi connectivity index (χ3v) is 3.06. The van der Waals surface area contributed by atoms with Gasteiger partial charge < -0.3 is 15.8 Å². The average molecular weight is 264 g/mol. The van der Waals surface area contributed by atoms with Gasteiger partial charge in [0.2, 0.25) is 0 Å². The highest BCUT2D eigenvalue weighted by Gasteiger charge is 2.04. The number of hydrogen-bond donors (Lipinski definition) is 2. The Morgan fingerprint density at radius 1 is 1.16 bits per heavy atom. The van der Waals surface area contributed by atoms with E-state index in [1.807, 2.05) is 18.2 Å². The average Bonchev–Trinajstić information content (AvgIpc) is 2.36. The number of benzene rings is 1. The van der Waals surface area contributed by atoms with E-state index in [-0.39, 0.29) is 0 Å². The van der Waals surface area contributed by atoms with Gasteiger partial charge in [-0.2, -0.15) is 0 Å². The van der Waals surface area contributed by atoms with Gasteiger partial charge in [-0.15, -0.1) is 0 Å². The van der Waals surface area contributed by atoms with Crippen LogP contribution in [0.3, 0.4) is 0 Å². The van der Waals surface area contributed by atoms with Crippen molar-refractivity contribution in [3.8, 4) is 5.75 Å². The SMILES string of the molecule is CCCCCC(C)Nc1cc(N)cc(OCCC)c1. The van der Waals surface area contributed by atoms with E-state index in [1.165, 1.54) is 25.7 Å². The van der Waals surface area contributed by atoms with E-state index in [0.29, 0.717) is 6.04 Å². The summed E-state index contributed by atoms with van der Waals surface area (Å²) in [6.07, 6.45) is 6.03. The largest absolute Gasteiger partial charge is 0.493 e. The van der Waals surface area contributed by atoms with E-state index < -0.39 is 0 Å². The fourth-order valence-electron chi connectivity index (χ4n) is 2.07. The molecule has 1 aromatic rings. The number of anilines is 2. The van der Waals surface area contributed by atoms with Crippen molar-refractivity contribution in [2.24, 2.45) is 0 Å². The summed E-state index contributed by atoms with van der Waals surface area (Å²) >= 11 is 0. The molecule has 0 bridgehead atoms. The highest BCUT2D eigenvalue weighted by atomic mass is 16.5. The van der Waals surface area contributed by atoms with Crippen LogP contribution in [0.2, 0.25) is 0 Å². The molecule has 0 aromatic heterocycles. The Hall–Kier alpha value is -1.38. The van der Waals surface area contributed by atoms with Gasteiger partial charge in [-0.3, -0.25) is 0 Å². The Bertz CT molecular complexity index is 366. The summed E-state index contributed by atoms with van der Waals surface area (Å²) in [5.41, 5.74) is 7.71. The minimum atomic E-state index is 0.465. The molecule has 3 heteroatoms. The molecule has 3 nitrogen and oxygen atoms in total. The minimum Gasteiger partial charge on any atom is -0.493 e. The Balaban J connectivity index is 2.54. The zero-order valence-electron chi connectivity index (χ0n) is 12.5. The molecule has 0 fully saturated rings. The highest BCUT2D eigenvalue weighted by Crippen LogP contribution is 2.24. The summed E-state index contributed by atoms with van der Waals surface area (Å²) in [5, 5.41) is 3.50. The standard InChI is InChI=1S/C16H28N2O/c1-4-6-7-8-13(3)18-15-10-14(17)11-16(12-15)19-9-5-2/h10-13,18H,4-9,17H2,1-3H3. The smallest absolute Gasteiger partial charge is 0.123 e. The molecule has 0 aliphatic heterocycles. The van der Waals surface area contributed by atoms with E-state index in [4.69, 9.17) is 10.5 Å². The monoisotopic (exact) mass is 264 g/mol. The molecule has 0 aliphatic rings. The van der Waals surface area contributed by atoms with Gasteiger partial charge in [0.25, 0.3) is 0 Å². The lowest BCUT2D eigenvalue weighted by Crippen LogP contribution is -2.15. The number of nitrogen functional groups attached to an aromatic ring is 1. The number of ether oxygens (including phenoxy) is 1. The van der Waals surface area contributed by atoms with Crippen LogP contribution in [0.5, 0.6) is 5.75 Å². The van der Waals surface area contributed by atoms with Crippen LogP contribution >= 0.6 is 0 Å². The minimum absolute atomic E-state index is 0.465. The molecule has 1 rings (SSSR count). The van der Waals surface area contributed by atoms with Crippen LogP contribution in [0.1, 0.15) is 52.9 Å². The van der Waals surface area contributed by atoms with Crippen molar-refractivity contribution in [1.82, 2.24) is 0 Å². The lowest BCUT2D eigenvalue weighted by Gasteiger charge is -2.16. The Morgan fingerprint density at radius 2 is 1.95 bits per heavy atom. The third kappa shape index (κ3) is 6.37. The van der Waals surface area contributed by atoms with Gasteiger partial charge in [-0.1, -0.05) is 33.1 Å². The zero-order chi connectivity index (χ0) is 14.1. The molecule has 3 N–H and O–H groups in total. The molecule has 0 radical (unpaired) electrons. The number of nitrogens with one attached hydrogen (secondary N) is 1. The molecule has 0 aliphatic carbocycles. The number of nitrogens with two attached hydrogens (primary N) is 1. The predicted octanol–water partition coefficient (Wildman–Crippen LogP) is 4.44. The molecule has 19 heavy (non-hydrogen) atoms. The Morgan fingerprint density at radius 3 is 2.63 bits per heavy atom. The number of hydrogen-bond acceptors (Lipinski definition) is 3. The highest BCUT2D eigenvalue weighted by molar-refractivity contribution is 5.59. The summed E-state index contributed by atoms with van der Waals surface area (Å²) < 4.78 is 5.64. The first-order valence-corrected chi connectivity index (χ1v) is 7.45. The zero-order valence-corrected chi connectivity index (χ0v) is 12.5. The van der Waals surface area contributed by atoms with Crippen molar-refractivity contribution >= 4 is 11.4 Å². The van der Waals surface area contributed by atoms with E-state index in [0.717, 1.165) is 30.2 Å². The second-order valence-electron chi connectivity index (χ2n) is 5.18. The van der Waals surface area contributed by atoms with Crippen molar-refractivity contribution in [3.05, 3.63) is 18.2 Å². The van der Waals surface area contributed by atoms with Gasteiger partial charge in [0.05, 0.1) is 6.61 Å². The topological polar surface area (TPSA) is 47.3 Å². The van der Waals surface area contributed by atoms with Crippen molar-refractivity contribution in [2.45, 2.75) is 58.9 Å². The number of rotatable bonds is 9. The van der Waals surface area contributed by atoms with E-state index in [1.54, 1.807) is 0 Å². The molecule has 0 amide bonds. The molecule has 1 aromatic carbocycles.